The van der Waals surface area contributed by atoms with Gasteiger partial charge in [0.25, 0.3) is 0 Å². The molecule has 2 rings (SSSR count). The zero-order chi connectivity index (χ0) is 13.8. The zero-order valence-electron chi connectivity index (χ0n) is 11.3. The van der Waals surface area contributed by atoms with E-state index >= 15 is 0 Å². The SMILES string of the molecule is Cc1ccc(C)c(C(=O)C(C)Sc2cnccn2)c1. The molecule has 0 bridgehead atoms. The lowest BCUT2D eigenvalue weighted by molar-refractivity contribution is 0.0993. The van der Waals surface area contributed by atoms with Crippen molar-refractivity contribution in [3.8, 4) is 0 Å². The van der Waals surface area contributed by atoms with Crippen molar-refractivity contribution < 1.29 is 4.79 Å². The highest BCUT2D eigenvalue weighted by Gasteiger charge is 2.18. The summed E-state index contributed by atoms with van der Waals surface area (Å²) in [4.78, 5) is 20.6. The molecule has 1 atom stereocenters. The van der Waals surface area contributed by atoms with E-state index < -0.39 is 0 Å². The number of thioether (sulfide) groups is 1. The fraction of sp³-hybridized carbons (Fsp3) is 0.267. The Balaban J connectivity index is 2.17. The highest BCUT2D eigenvalue weighted by Crippen LogP contribution is 2.24. The number of aryl methyl sites for hydroxylation is 2. The number of rotatable bonds is 4. The Kier molecular flexibility index (Phi) is 4.32. The molecule has 0 aliphatic rings. The van der Waals surface area contributed by atoms with E-state index in [1.807, 2.05) is 39.0 Å². The van der Waals surface area contributed by atoms with Gasteiger partial charge in [-0.3, -0.25) is 9.78 Å². The molecular weight excluding hydrogens is 256 g/mol. The largest absolute Gasteiger partial charge is 0.293 e. The summed E-state index contributed by atoms with van der Waals surface area (Å²) in [5.74, 6) is 0.136. The fourth-order valence-corrected chi connectivity index (χ4v) is 2.64. The summed E-state index contributed by atoms with van der Waals surface area (Å²) in [6, 6.07) is 5.96. The minimum Gasteiger partial charge on any atom is -0.293 e. The van der Waals surface area contributed by atoms with Gasteiger partial charge in [-0.2, -0.15) is 0 Å². The lowest BCUT2D eigenvalue weighted by Crippen LogP contribution is -2.15. The van der Waals surface area contributed by atoms with Gasteiger partial charge in [0.1, 0.15) is 5.03 Å². The Hall–Kier alpha value is -1.68. The number of carbonyl (C=O) groups excluding carboxylic acids is 1. The third kappa shape index (κ3) is 3.41. The molecule has 1 aromatic heterocycles. The summed E-state index contributed by atoms with van der Waals surface area (Å²) >= 11 is 1.44. The molecule has 0 radical (unpaired) electrons. The van der Waals surface area contributed by atoms with Crippen LogP contribution in [0.25, 0.3) is 0 Å². The summed E-state index contributed by atoms with van der Waals surface area (Å²) in [6.45, 7) is 5.87. The predicted molar refractivity (Wildman–Crippen MR) is 77.6 cm³/mol. The van der Waals surface area contributed by atoms with Crippen LogP contribution in [0.4, 0.5) is 0 Å². The second kappa shape index (κ2) is 5.97. The van der Waals surface area contributed by atoms with E-state index in [1.54, 1.807) is 18.6 Å². The van der Waals surface area contributed by atoms with Crippen LogP contribution in [0.15, 0.2) is 41.8 Å². The molecule has 3 nitrogen and oxygen atoms in total. The van der Waals surface area contributed by atoms with Gasteiger partial charge in [0, 0.05) is 18.0 Å². The van der Waals surface area contributed by atoms with Crippen molar-refractivity contribution in [3.63, 3.8) is 0 Å². The van der Waals surface area contributed by atoms with E-state index in [1.165, 1.54) is 11.8 Å². The number of ketones is 1. The maximum atomic E-state index is 12.5. The first kappa shape index (κ1) is 13.7. The van der Waals surface area contributed by atoms with Gasteiger partial charge < -0.3 is 0 Å². The first-order valence-corrected chi connectivity index (χ1v) is 7.00. The van der Waals surface area contributed by atoms with E-state index in [0.717, 1.165) is 21.7 Å². The van der Waals surface area contributed by atoms with Crippen LogP contribution in [0.5, 0.6) is 0 Å². The van der Waals surface area contributed by atoms with Crippen molar-refractivity contribution in [2.75, 3.05) is 0 Å². The molecule has 0 spiro atoms. The molecule has 1 aromatic carbocycles. The molecule has 0 aliphatic carbocycles. The number of Topliss-reactive ketones (excluding diaryl/α,β-unsaturated/α-hetero) is 1. The van der Waals surface area contributed by atoms with Crippen LogP contribution in [0.2, 0.25) is 0 Å². The van der Waals surface area contributed by atoms with Gasteiger partial charge in [-0.1, -0.05) is 29.5 Å². The van der Waals surface area contributed by atoms with Crippen LogP contribution in [0, 0.1) is 13.8 Å². The highest BCUT2D eigenvalue weighted by atomic mass is 32.2. The van der Waals surface area contributed by atoms with Crippen molar-refractivity contribution in [1.29, 1.82) is 0 Å². The van der Waals surface area contributed by atoms with Crippen molar-refractivity contribution in [3.05, 3.63) is 53.5 Å². The first-order chi connectivity index (χ1) is 9.08. The number of benzene rings is 1. The average Bonchev–Trinajstić information content (AvgIpc) is 2.42. The monoisotopic (exact) mass is 272 g/mol. The lowest BCUT2D eigenvalue weighted by atomic mass is 10.0. The Morgan fingerprint density at radius 1 is 1.26 bits per heavy atom. The molecule has 2 aromatic rings. The molecular formula is C15H16N2OS. The Bertz CT molecular complexity index is 584. The zero-order valence-corrected chi connectivity index (χ0v) is 12.1. The van der Waals surface area contributed by atoms with Gasteiger partial charge in [0.15, 0.2) is 5.78 Å². The second-order valence-corrected chi connectivity index (χ2v) is 5.85. The van der Waals surface area contributed by atoms with Crippen molar-refractivity contribution in [1.82, 2.24) is 9.97 Å². The van der Waals surface area contributed by atoms with E-state index in [-0.39, 0.29) is 11.0 Å². The van der Waals surface area contributed by atoms with E-state index in [4.69, 9.17) is 0 Å². The maximum Gasteiger partial charge on any atom is 0.176 e. The molecule has 0 amide bonds. The van der Waals surface area contributed by atoms with Crippen LogP contribution in [-0.4, -0.2) is 21.0 Å². The highest BCUT2D eigenvalue weighted by molar-refractivity contribution is 8.00. The van der Waals surface area contributed by atoms with Crippen molar-refractivity contribution >= 4 is 17.5 Å². The molecule has 1 heterocycles. The van der Waals surface area contributed by atoms with Crippen LogP contribution in [-0.2, 0) is 0 Å². The quantitative estimate of drug-likeness (QED) is 0.631. The standard InChI is InChI=1S/C15H16N2OS/c1-10-4-5-11(2)13(8-10)15(18)12(3)19-14-9-16-6-7-17-14/h4-9,12H,1-3H3. The molecule has 1 unspecified atom stereocenters. The molecule has 0 fully saturated rings. The topological polar surface area (TPSA) is 42.9 Å². The number of nitrogens with zero attached hydrogens (tertiary/aromatic N) is 2. The van der Waals surface area contributed by atoms with Crippen LogP contribution >= 0.6 is 11.8 Å². The summed E-state index contributed by atoms with van der Waals surface area (Å²) < 4.78 is 0. The molecule has 4 heteroatoms. The minimum atomic E-state index is -0.169. The van der Waals surface area contributed by atoms with Crippen molar-refractivity contribution in [2.45, 2.75) is 31.0 Å². The number of aromatic nitrogens is 2. The number of carbonyl (C=O) groups is 1. The normalized spacial score (nSPS) is 12.2. The van der Waals surface area contributed by atoms with Gasteiger partial charge in [-0.25, -0.2) is 4.98 Å². The average molecular weight is 272 g/mol. The smallest absolute Gasteiger partial charge is 0.176 e. The van der Waals surface area contributed by atoms with Gasteiger partial charge >= 0.3 is 0 Å². The van der Waals surface area contributed by atoms with Crippen LogP contribution in [0.3, 0.4) is 0 Å². The fourth-order valence-electron chi connectivity index (χ4n) is 1.80. The molecule has 0 N–H and O–H groups in total. The second-order valence-electron chi connectivity index (χ2n) is 4.49. The summed E-state index contributed by atoms with van der Waals surface area (Å²) in [5, 5.41) is 0.603. The third-order valence-electron chi connectivity index (χ3n) is 2.86. The van der Waals surface area contributed by atoms with Crippen LogP contribution in [0.1, 0.15) is 28.4 Å². The van der Waals surface area contributed by atoms with Gasteiger partial charge in [0.2, 0.25) is 0 Å². The van der Waals surface area contributed by atoms with Gasteiger partial charge in [-0.15, -0.1) is 0 Å². The third-order valence-corrected chi connectivity index (χ3v) is 3.88. The number of hydrogen-bond acceptors (Lipinski definition) is 4. The van der Waals surface area contributed by atoms with Gasteiger partial charge in [0.05, 0.1) is 11.4 Å². The Labute approximate surface area is 117 Å². The summed E-state index contributed by atoms with van der Waals surface area (Å²) in [5.41, 5.74) is 2.91. The Morgan fingerprint density at radius 3 is 2.74 bits per heavy atom. The molecule has 19 heavy (non-hydrogen) atoms. The number of hydrogen-bond donors (Lipinski definition) is 0. The summed E-state index contributed by atoms with van der Waals surface area (Å²) in [6.07, 6.45) is 4.94. The molecule has 98 valence electrons. The van der Waals surface area contributed by atoms with Crippen molar-refractivity contribution in [2.24, 2.45) is 0 Å². The minimum absolute atomic E-state index is 0.136. The molecule has 0 saturated heterocycles. The molecule has 0 saturated carbocycles. The first-order valence-electron chi connectivity index (χ1n) is 6.12. The van der Waals surface area contributed by atoms with E-state index in [9.17, 15) is 4.79 Å². The van der Waals surface area contributed by atoms with E-state index in [0.29, 0.717) is 0 Å². The maximum absolute atomic E-state index is 12.5. The Morgan fingerprint density at radius 2 is 2.05 bits per heavy atom. The molecule has 0 aliphatic heterocycles. The van der Waals surface area contributed by atoms with Crippen LogP contribution < -0.4 is 0 Å². The lowest BCUT2D eigenvalue weighted by Gasteiger charge is -2.12. The predicted octanol–water partition coefficient (Wildman–Crippen LogP) is 3.46. The van der Waals surface area contributed by atoms with Gasteiger partial charge in [-0.05, 0) is 32.4 Å². The summed E-state index contributed by atoms with van der Waals surface area (Å²) in [7, 11) is 0. The van der Waals surface area contributed by atoms with E-state index in [2.05, 4.69) is 9.97 Å².